The van der Waals surface area contributed by atoms with Crippen molar-refractivity contribution >= 4 is 21.6 Å². The van der Waals surface area contributed by atoms with Gasteiger partial charge in [0.15, 0.2) is 0 Å². The van der Waals surface area contributed by atoms with Crippen LogP contribution in [0.3, 0.4) is 0 Å². The number of carbonyl (C=O) groups excluding carboxylic acids is 1. The van der Waals surface area contributed by atoms with Crippen molar-refractivity contribution in [3.05, 3.63) is 58.3 Å². The predicted octanol–water partition coefficient (Wildman–Crippen LogP) is 0.801. The number of quaternary nitrogens is 1. The lowest BCUT2D eigenvalue weighted by molar-refractivity contribution is -0.937. The quantitative estimate of drug-likeness (QED) is 0.665. The number of amides is 1. The standard InChI is InChI=1S/C24H29FN4O4S/c1-16(30)27-9-7-20(8-10-27)28-13-17-11-18(15-28)24-22(5-6-23(31)29(24)14-17)26-34(32,33)21-4-2-3-19(25)12-21/h2-6,12,17-18,20,26H,7-11,13-15H2,1H3/p+1/t17-,18+/m0/s1. The van der Waals surface area contributed by atoms with Gasteiger partial charge in [-0.15, -0.1) is 0 Å². The summed E-state index contributed by atoms with van der Waals surface area (Å²) in [4.78, 5) is 27.6. The Morgan fingerprint density at radius 1 is 1.15 bits per heavy atom. The van der Waals surface area contributed by atoms with Gasteiger partial charge in [-0.1, -0.05) is 6.07 Å². The zero-order valence-electron chi connectivity index (χ0n) is 19.2. The molecule has 1 unspecified atom stereocenters. The van der Waals surface area contributed by atoms with Crippen LogP contribution in [0.4, 0.5) is 10.1 Å². The molecule has 3 aliphatic heterocycles. The second kappa shape index (κ2) is 8.81. The first-order valence-electron chi connectivity index (χ1n) is 11.8. The highest BCUT2D eigenvalue weighted by Gasteiger charge is 2.42. The Labute approximate surface area is 198 Å². The van der Waals surface area contributed by atoms with E-state index in [-0.39, 0.29) is 22.3 Å². The van der Waals surface area contributed by atoms with Gasteiger partial charge in [0.05, 0.1) is 41.3 Å². The van der Waals surface area contributed by atoms with Gasteiger partial charge in [0, 0.05) is 51.4 Å². The average molecular weight is 490 g/mol. The number of carbonyl (C=O) groups is 1. The zero-order valence-corrected chi connectivity index (χ0v) is 20.0. The maximum Gasteiger partial charge on any atom is 0.262 e. The molecule has 4 heterocycles. The number of nitrogens with one attached hydrogen (secondary N) is 2. The number of fused-ring (bicyclic) bond motifs is 4. The first-order valence-corrected chi connectivity index (χ1v) is 13.3. The van der Waals surface area contributed by atoms with Gasteiger partial charge in [-0.3, -0.25) is 14.3 Å². The summed E-state index contributed by atoms with van der Waals surface area (Å²) in [6, 6.07) is 8.28. The lowest BCUT2D eigenvalue weighted by Crippen LogP contribution is -3.18. The molecule has 3 atom stereocenters. The number of piperidine rings is 2. The van der Waals surface area contributed by atoms with Crippen LogP contribution >= 0.6 is 0 Å². The fourth-order valence-electron chi connectivity index (χ4n) is 6.03. The van der Waals surface area contributed by atoms with E-state index in [4.69, 9.17) is 0 Å². The molecule has 0 aliphatic carbocycles. The number of rotatable bonds is 4. The zero-order chi connectivity index (χ0) is 24.0. The highest BCUT2D eigenvalue weighted by molar-refractivity contribution is 7.92. The average Bonchev–Trinajstić information content (AvgIpc) is 2.80. The van der Waals surface area contributed by atoms with Gasteiger partial charge < -0.3 is 14.4 Å². The lowest BCUT2D eigenvalue weighted by Gasteiger charge is -2.45. The van der Waals surface area contributed by atoms with Crippen molar-refractivity contribution in [2.24, 2.45) is 5.92 Å². The van der Waals surface area contributed by atoms with Crippen LogP contribution in [-0.2, 0) is 21.4 Å². The molecule has 34 heavy (non-hydrogen) atoms. The number of likely N-dealkylation sites (tertiary alicyclic amines) is 2. The van der Waals surface area contributed by atoms with E-state index in [0.717, 1.165) is 57.2 Å². The SMILES string of the molecule is CC(=O)N1CCC([NH+]2C[C@@H]3C[C@H](C2)c2c(NS(=O)(=O)c4cccc(F)c4)ccc(=O)n2C3)CC1. The number of hydrogen-bond acceptors (Lipinski definition) is 4. The topological polar surface area (TPSA) is 92.9 Å². The number of pyridine rings is 1. The Hall–Kier alpha value is -2.72. The van der Waals surface area contributed by atoms with Gasteiger partial charge in [-0.25, -0.2) is 12.8 Å². The smallest absolute Gasteiger partial charge is 0.262 e. The molecule has 1 aromatic heterocycles. The number of benzene rings is 1. The number of hydrogen-bond donors (Lipinski definition) is 2. The fraction of sp³-hybridized carbons (Fsp3) is 0.500. The van der Waals surface area contributed by atoms with E-state index in [1.54, 1.807) is 11.5 Å². The molecule has 2 N–H and O–H groups in total. The van der Waals surface area contributed by atoms with Crippen LogP contribution in [0.1, 0.15) is 37.8 Å². The van der Waals surface area contributed by atoms with Gasteiger partial charge >= 0.3 is 0 Å². The van der Waals surface area contributed by atoms with Crippen molar-refractivity contribution < 1.29 is 22.5 Å². The first-order chi connectivity index (χ1) is 16.2. The summed E-state index contributed by atoms with van der Waals surface area (Å²) in [6.07, 6.45) is 2.82. The molecular weight excluding hydrogens is 459 g/mol. The third-order valence-corrected chi connectivity index (χ3v) is 8.96. The minimum atomic E-state index is -4.01. The van der Waals surface area contributed by atoms with E-state index >= 15 is 0 Å². The summed E-state index contributed by atoms with van der Waals surface area (Å²) in [6.45, 7) is 5.52. The number of halogens is 1. The molecule has 2 fully saturated rings. The van der Waals surface area contributed by atoms with Crippen LogP contribution < -0.4 is 15.2 Å². The molecule has 0 radical (unpaired) electrons. The molecule has 2 aromatic rings. The molecule has 2 saturated heterocycles. The summed E-state index contributed by atoms with van der Waals surface area (Å²) in [5, 5.41) is 0. The van der Waals surface area contributed by atoms with Crippen LogP contribution in [0.2, 0.25) is 0 Å². The van der Waals surface area contributed by atoms with Crippen LogP contribution in [0, 0.1) is 11.7 Å². The molecule has 5 rings (SSSR count). The monoisotopic (exact) mass is 489 g/mol. The Bertz CT molecular complexity index is 1270. The van der Waals surface area contributed by atoms with Gasteiger partial charge in [0.2, 0.25) is 5.91 Å². The lowest BCUT2D eigenvalue weighted by atomic mass is 9.81. The summed E-state index contributed by atoms with van der Waals surface area (Å²) in [7, 11) is -4.01. The minimum Gasteiger partial charge on any atom is -0.342 e. The largest absolute Gasteiger partial charge is 0.342 e. The van der Waals surface area contributed by atoms with Crippen molar-refractivity contribution in [3.8, 4) is 0 Å². The van der Waals surface area contributed by atoms with Crippen molar-refractivity contribution in [3.63, 3.8) is 0 Å². The van der Waals surface area contributed by atoms with E-state index in [0.29, 0.717) is 24.2 Å². The maximum atomic E-state index is 13.7. The normalized spacial score (nSPS) is 25.0. The summed E-state index contributed by atoms with van der Waals surface area (Å²) < 4.78 is 44.0. The number of aromatic nitrogens is 1. The van der Waals surface area contributed by atoms with Crippen molar-refractivity contribution in [2.75, 3.05) is 30.9 Å². The molecule has 0 saturated carbocycles. The van der Waals surface area contributed by atoms with Crippen molar-refractivity contribution in [1.29, 1.82) is 0 Å². The van der Waals surface area contributed by atoms with Gasteiger partial charge in [0.1, 0.15) is 5.82 Å². The van der Waals surface area contributed by atoms with E-state index < -0.39 is 15.8 Å². The Balaban J connectivity index is 1.42. The summed E-state index contributed by atoms with van der Waals surface area (Å²) >= 11 is 0. The van der Waals surface area contributed by atoms with Crippen LogP contribution in [-0.4, -0.2) is 56.0 Å². The third-order valence-electron chi connectivity index (χ3n) is 7.60. The fourth-order valence-corrected chi connectivity index (χ4v) is 7.13. The van der Waals surface area contributed by atoms with Crippen molar-refractivity contribution in [2.45, 2.75) is 49.6 Å². The van der Waals surface area contributed by atoms with Crippen LogP contribution in [0.25, 0.3) is 0 Å². The summed E-state index contributed by atoms with van der Waals surface area (Å²) in [5.74, 6) is -0.112. The van der Waals surface area contributed by atoms with Crippen LogP contribution in [0.15, 0.2) is 46.1 Å². The predicted molar refractivity (Wildman–Crippen MR) is 125 cm³/mol. The number of sulfonamides is 1. The van der Waals surface area contributed by atoms with E-state index in [1.165, 1.54) is 35.2 Å². The molecule has 3 aliphatic rings. The molecule has 0 spiro atoms. The molecule has 8 nitrogen and oxygen atoms in total. The molecule has 1 amide bonds. The van der Waals surface area contributed by atoms with Crippen molar-refractivity contribution in [1.82, 2.24) is 9.47 Å². The van der Waals surface area contributed by atoms with E-state index in [2.05, 4.69) is 4.72 Å². The van der Waals surface area contributed by atoms with Gasteiger partial charge in [-0.05, 0) is 30.7 Å². The van der Waals surface area contributed by atoms with Crippen LogP contribution in [0.5, 0.6) is 0 Å². The van der Waals surface area contributed by atoms with Gasteiger partial charge in [-0.2, -0.15) is 0 Å². The molecule has 2 bridgehead atoms. The Morgan fingerprint density at radius 3 is 2.62 bits per heavy atom. The number of anilines is 1. The second-order valence-electron chi connectivity index (χ2n) is 9.79. The highest BCUT2D eigenvalue weighted by atomic mass is 32.2. The first kappa shape index (κ1) is 23.0. The minimum absolute atomic E-state index is 0.0486. The maximum absolute atomic E-state index is 13.7. The Kier molecular flexibility index (Phi) is 5.97. The highest BCUT2D eigenvalue weighted by Crippen LogP contribution is 2.36. The summed E-state index contributed by atoms with van der Waals surface area (Å²) in [5.41, 5.74) is 0.985. The van der Waals surface area contributed by atoms with Gasteiger partial charge in [0.25, 0.3) is 15.6 Å². The Morgan fingerprint density at radius 2 is 1.91 bits per heavy atom. The molecular formula is C24H30FN4O4S+. The van der Waals surface area contributed by atoms with E-state index in [1.807, 2.05) is 4.90 Å². The van der Waals surface area contributed by atoms with E-state index in [9.17, 15) is 22.4 Å². The molecule has 10 heteroatoms. The number of nitrogens with zero attached hydrogens (tertiary/aromatic N) is 2. The molecule has 1 aromatic carbocycles. The second-order valence-corrected chi connectivity index (χ2v) is 11.5. The molecule has 182 valence electrons. The third kappa shape index (κ3) is 4.36.